The summed E-state index contributed by atoms with van der Waals surface area (Å²) in [4.78, 5) is 22.8. The second-order valence-electron chi connectivity index (χ2n) is 6.69. The molecule has 8 nitrogen and oxygen atoms in total. The second kappa shape index (κ2) is 8.83. The van der Waals surface area contributed by atoms with E-state index in [0.717, 1.165) is 5.56 Å². The van der Waals surface area contributed by atoms with E-state index >= 15 is 0 Å². The van der Waals surface area contributed by atoms with Crippen molar-refractivity contribution in [3.8, 4) is 11.5 Å². The van der Waals surface area contributed by atoms with Crippen LogP contribution in [0.5, 0.6) is 0 Å². The van der Waals surface area contributed by atoms with Crippen molar-refractivity contribution in [3.63, 3.8) is 0 Å². The molecule has 0 aliphatic heterocycles. The quantitative estimate of drug-likeness (QED) is 0.310. The fourth-order valence-electron chi connectivity index (χ4n) is 2.84. The van der Waals surface area contributed by atoms with Gasteiger partial charge in [-0.05, 0) is 35.7 Å². The van der Waals surface area contributed by atoms with Crippen LogP contribution in [0.4, 0.5) is 5.69 Å². The van der Waals surface area contributed by atoms with E-state index in [1.54, 1.807) is 24.3 Å². The molecule has 0 saturated heterocycles. The van der Waals surface area contributed by atoms with E-state index in [-0.39, 0.29) is 30.0 Å². The minimum Gasteiger partial charge on any atom is -0.455 e. The van der Waals surface area contributed by atoms with Gasteiger partial charge in [-0.1, -0.05) is 37.6 Å². The van der Waals surface area contributed by atoms with Gasteiger partial charge in [0, 0.05) is 22.7 Å². The Morgan fingerprint density at radius 1 is 1.14 bits per heavy atom. The van der Waals surface area contributed by atoms with Crippen LogP contribution in [0.25, 0.3) is 11.5 Å². The molecule has 0 fully saturated rings. The van der Waals surface area contributed by atoms with Crippen LogP contribution in [0.2, 0.25) is 5.02 Å². The summed E-state index contributed by atoms with van der Waals surface area (Å²) in [6.45, 7) is 3.69. The highest BCUT2D eigenvalue weighted by Crippen LogP contribution is 2.28. The van der Waals surface area contributed by atoms with E-state index in [9.17, 15) is 14.9 Å². The van der Waals surface area contributed by atoms with E-state index in [4.69, 9.17) is 20.8 Å². The van der Waals surface area contributed by atoms with E-state index in [2.05, 4.69) is 10.2 Å². The highest BCUT2D eigenvalue weighted by molar-refractivity contribution is 6.30. The van der Waals surface area contributed by atoms with E-state index < -0.39 is 16.8 Å². The minimum absolute atomic E-state index is 0.0158. The molecule has 0 N–H and O–H groups in total. The first kappa shape index (κ1) is 20.5. The Labute approximate surface area is 171 Å². The maximum absolute atomic E-state index is 12.6. The molecule has 9 heteroatoms. The van der Waals surface area contributed by atoms with Crippen molar-refractivity contribution >= 4 is 23.3 Å². The van der Waals surface area contributed by atoms with Crippen molar-refractivity contribution in [2.24, 2.45) is 5.92 Å². The molecule has 1 atom stereocenters. The molecule has 3 aromatic rings. The third-order valence-electron chi connectivity index (χ3n) is 4.28. The second-order valence-corrected chi connectivity index (χ2v) is 7.12. The summed E-state index contributed by atoms with van der Waals surface area (Å²) >= 11 is 5.92. The van der Waals surface area contributed by atoms with Crippen molar-refractivity contribution in [1.29, 1.82) is 0 Å². The summed E-state index contributed by atoms with van der Waals surface area (Å²) in [6.07, 6.45) is 0. The number of ether oxygens (including phenoxy) is 1. The van der Waals surface area contributed by atoms with Gasteiger partial charge in [-0.25, -0.2) is 0 Å². The number of halogens is 1. The normalized spacial score (nSPS) is 12.0. The topological polar surface area (TPSA) is 108 Å². The molecule has 1 aromatic heterocycles. The molecule has 0 amide bonds. The van der Waals surface area contributed by atoms with Crippen LogP contribution in [-0.4, -0.2) is 21.1 Å². The van der Waals surface area contributed by atoms with Crippen LogP contribution in [0.15, 0.2) is 52.9 Å². The molecule has 0 bridgehead atoms. The Morgan fingerprint density at radius 3 is 2.38 bits per heavy atom. The number of non-ortho nitro benzene ring substituents is 1. The molecule has 0 aliphatic rings. The fraction of sp³-hybridized carbons (Fsp3) is 0.250. The first-order chi connectivity index (χ1) is 13.8. The lowest BCUT2D eigenvalue weighted by Gasteiger charge is -2.19. The van der Waals surface area contributed by atoms with Gasteiger partial charge in [-0.3, -0.25) is 14.9 Å². The summed E-state index contributed by atoms with van der Waals surface area (Å²) in [7, 11) is 0. The number of nitro benzene ring substituents is 1. The van der Waals surface area contributed by atoms with E-state index in [1.165, 1.54) is 24.3 Å². The van der Waals surface area contributed by atoms with Crippen molar-refractivity contribution in [2.75, 3.05) is 0 Å². The molecular weight excluding hydrogens is 398 g/mol. The van der Waals surface area contributed by atoms with Gasteiger partial charge in [-0.2, -0.15) is 0 Å². The number of nitrogens with zero attached hydrogens (tertiary/aromatic N) is 3. The number of nitro groups is 1. The molecule has 2 aromatic carbocycles. The smallest absolute Gasteiger partial charge is 0.314 e. The lowest BCUT2D eigenvalue weighted by atomic mass is 9.88. The Hall–Kier alpha value is -3.26. The molecule has 0 aliphatic carbocycles. The molecule has 1 heterocycles. The molecular formula is C20H18ClN3O5. The lowest BCUT2D eigenvalue weighted by molar-refractivity contribution is -0.384. The van der Waals surface area contributed by atoms with Gasteiger partial charge in [0.1, 0.15) is 0 Å². The number of hydrogen-bond acceptors (Lipinski definition) is 7. The van der Waals surface area contributed by atoms with Crippen molar-refractivity contribution in [1.82, 2.24) is 10.2 Å². The zero-order valence-corrected chi connectivity index (χ0v) is 16.5. The van der Waals surface area contributed by atoms with Gasteiger partial charge in [0.15, 0.2) is 6.61 Å². The Balaban J connectivity index is 1.67. The largest absolute Gasteiger partial charge is 0.455 e. The maximum Gasteiger partial charge on any atom is 0.314 e. The summed E-state index contributed by atoms with van der Waals surface area (Å²) < 4.78 is 10.9. The average molecular weight is 416 g/mol. The SMILES string of the molecule is CC(C)[C@@H](C(=O)OCc1nnc(-c2ccc([N+](=O)[O-])cc2)o1)c1ccc(Cl)cc1. The first-order valence-electron chi connectivity index (χ1n) is 8.84. The summed E-state index contributed by atoms with van der Waals surface area (Å²) in [5.74, 6) is -0.529. The molecule has 29 heavy (non-hydrogen) atoms. The van der Waals surface area contributed by atoms with Gasteiger partial charge in [0.25, 0.3) is 11.6 Å². The Bertz CT molecular complexity index is 1000. The Morgan fingerprint density at radius 2 is 1.79 bits per heavy atom. The van der Waals surface area contributed by atoms with Gasteiger partial charge in [0.05, 0.1) is 10.8 Å². The van der Waals surface area contributed by atoms with Crippen LogP contribution in [0.1, 0.15) is 31.2 Å². The van der Waals surface area contributed by atoms with Gasteiger partial charge < -0.3 is 9.15 Å². The van der Waals surface area contributed by atoms with Crippen LogP contribution >= 0.6 is 11.6 Å². The molecule has 150 valence electrons. The number of rotatable bonds is 7. The highest BCUT2D eigenvalue weighted by Gasteiger charge is 2.26. The maximum atomic E-state index is 12.6. The van der Waals surface area contributed by atoms with Crippen LogP contribution < -0.4 is 0 Å². The summed E-state index contributed by atoms with van der Waals surface area (Å²) in [5.41, 5.74) is 1.30. The van der Waals surface area contributed by atoms with Crippen LogP contribution in [0, 0.1) is 16.0 Å². The molecule has 0 unspecified atom stereocenters. The monoisotopic (exact) mass is 415 g/mol. The van der Waals surface area contributed by atoms with Gasteiger partial charge in [-0.15, -0.1) is 10.2 Å². The van der Waals surface area contributed by atoms with E-state index in [0.29, 0.717) is 10.6 Å². The number of carbonyl (C=O) groups excluding carboxylic acids is 1. The lowest BCUT2D eigenvalue weighted by Crippen LogP contribution is -2.20. The van der Waals surface area contributed by atoms with Crippen molar-refractivity contribution in [2.45, 2.75) is 26.4 Å². The number of esters is 1. The molecule has 0 spiro atoms. The van der Waals surface area contributed by atoms with E-state index in [1.807, 2.05) is 13.8 Å². The molecule has 0 radical (unpaired) electrons. The zero-order valence-electron chi connectivity index (χ0n) is 15.7. The zero-order chi connectivity index (χ0) is 21.0. The standard InChI is InChI=1S/C20H18ClN3O5/c1-12(2)18(13-3-7-15(21)8-4-13)20(25)28-11-17-22-23-19(29-17)14-5-9-16(10-6-14)24(26)27/h3-10,12,18H,11H2,1-2H3/t18-/m1/s1. The third kappa shape index (κ3) is 4.97. The van der Waals surface area contributed by atoms with Crippen molar-refractivity contribution in [3.05, 3.63) is 75.1 Å². The molecule has 3 rings (SSSR count). The van der Waals surface area contributed by atoms with Crippen molar-refractivity contribution < 1.29 is 18.9 Å². The molecule has 0 saturated carbocycles. The average Bonchev–Trinajstić information content (AvgIpc) is 3.17. The Kier molecular flexibility index (Phi) is 6.23. The predicted molar refractivity (Wildman–Crippen MR) is 105 cm³/mol. The number of carbonyl (C=O) groups is 1. The predicted octanol–water partition coefficient (Wildman–Crippen LogP) is 4.78. The fourth-order valence-corrected chi connectivity index (χ4v) is 2.97. The summed E-state index contributed by atoms with van der Waals surface area (Å²) in [5, 5.41) is 19.1. The third-order valence-corrected chi connectivity index (χ3v) is 4.53. The highest BCUT2D eigenvalue weighted by atomic mass is 35.5. The first-order valence-corrected chi connectivity index (χ1v) is 9.22. The number of aromatic nitrogens is 2. The van der Waals surface area contributed by atoms with Crippen LogP contribution in [0.3, 0.4) is 0 Å². The number of benzene rings is 2. The van der Waals surface area contributed by atoms with Crippen LogP contribution in [-0.2, 0) is 16.1 Å². The minimum atomic E-state index is -0.492. The van der Waals surface area contributed by atoms with Gasteiger partial charge in [0.2, 0.25) is 5.89 Å². The van der Waals surface area contributed by atoms with Gasteiger partial charge >= 0.3 is 5.97 Å². The summed E-state index contributed by atoms with van der Waals surface area (Å²) in [6, 6.07) is 12.8. The number of hydrogen-bond donors (Lipinski definition) is 0.